The van der Waals surface area contributed by atoms with Gasteiger partial charge in [-0.2, -0.15) is 5.26 Å². The average Bonchev–Trinajstić information content (AvgIpc) is 2.18. The maximum absolute atomic E-state index is 11.5. The Hall–Kier alpha value is -0.400. The van der Waals surface area contributed by atoms with E-state index in [1.807, 2.05) is 11.2 Å². The van der Waals surface area contributed by atoms with E-state index in [0.29, 0.717) is 0 Å². The molecule has 1 aliphatic heterocycles. The molecule has 0 spiro atoms. The second kappa shape index (κ2) is 5.36. The molecule has 0 aromatic heterocycles. The van der Waals surface area contributed by atoms with Crippen molar-refractivity contribution in [2.24, 2.45) is 5.92 Å². The summed E-state index contributed by atoms with van der Waals surface area (Å²) in [6.07, 6.45) is 2.72. The number of piperidine rings is 1. The van der Waals surface area contributed by atoms with Crippen molar-refractivity contribution in [3.63, 3.8) is 0 Å². The minimum atomic E-state index is -0.799. The molecule has 1 atom stereocenters. The largest absolute Gasteiger partial charge is 0.243 e. The van der Waals surface area contributed by atoms with Crippen LogP contribution < -0.4 is 0 Å². The predicted octanol–water partition coefficient (Wildman–Crippen LogP) is 1.30. The minimum Gasteiger partial charge on any atom is -0.243 e. The Morgan fingerprint density at radius 2 is 2.15 bits per heavy atom. The van der Waals surface area contributed by atoms with Gasteiger partial charge in [-0.1, -0.05) is 6.92 Å². The third kappa shape index (κ3) is 3.09. The van der Waals surface area contributed by atoms with E-state index in [-0.39, 0.29) is 5.92 Å². The molecule has 4 heteroatoms. The fourth-order valence-corrected chi connectivity index (χ4v) is 2.72. The van der Waals surface area contributed by atoms with Crippen molar-refractivity contribution in [1.82, 2.24) is 4.31 Å². The van der Waals surface area contributed by atoms with Crippen LogP contribution in [0.3, 0.4) is 0 Å². The molecule has 0 aromatic carbocycles. The van der Waals surface area contributed by atoms with Crippen LogP contribution in [-0.2, 0) is 11.0 Å². The summed E-state index contributed by atoms with van der Waals surface area (Å²) in [6, 6.07) is 2.27. The second-order valence-corrected chi connectivity index (χ2v) is 4.93. The number of nitriles is 1. The Labute approximate surface area is 82.3 Å². The third-order valence-corrected chi connectivity index (χ3v) is 4.00. The zero-order valence-electron chi connectivity index (χ0n) is 8.03. The molecule has 1 unspecified atom stereocenters. The zero-order chi connectivity index (χ0) is 9.68. The average molecular weight is 200 g/mol. The van der Waals surface area contributed by atoms with Crippen LogP contribution >= 0.6 is 0 Å². The van der Waals surface area contributed by atoms with Crippen LogP contribution in [0.2, 0.25) is 0 Å². The van der Waals surface area contributed by atoms with Gasteiger partial charge in [0.2, 0.25) is 0 Å². The number of rotatable bonds is 3. The summed E-state index contributed by atoms with van der Waals surface area (Å²) in [6.45, 7) is 3.69. The molecule has 0 bridgehead atoms. The Balaban J connectivity index is 2.33. The lowest BCUT2D eigenvalue weighted by atomic mass is 10.0. The molecule has 0 saturated carbocycles. The molecule has 1 heterocycles. The van der Waals surface area contributed by atoms with Gasteiger partial charge in [0, 0.05) is 24.8 Å². The van der Waals surface area contributed by atoms with E-state index >= 15 is 0 Å². The van der Waals surface area contributed by atoms with Crippen molar-refractivity contribution in [3.05, 3.63) is 0 Å². The lowest BCUT2D eigenvalue weighted by Crippen LogP contribution is -2.35. The van der Waals surface area contributed by atoms with E-state index in [0.717, 1.165) is 38.1 Å². The monoisotopic (exact) mass is 200 g/mol. The van der Waals surface area contributed by atoms with Crippen LogP contribution in [0.5, 0.6) is 0 Å². The summed E-state index contributed by atoms with van der Waals surface area (Å²) in [5.41, 5.74) is 0. The first-order chi connectivity index (χ1) is 6.27. The van der Waals surface area contributed by atoms with Crippen molar-refractivity contribution in [2.75, 3.05) is 18.8 Å². The van der Waals surface area contributed by atoms with Crippen LogP contribution in [-0.4, -0.2) is 27.4 Å². The molecule has 1 fully saturated rings. The first-order valence-corrected chi connectivity index (χ1v) is 6.08. The van der Waals surface area contributed by atoms with Gasteiger partial charge in [-0.15, -0.1) is 0 Å². The molecular weight excluding hydrogens is 184 g/mol. The maximum atomic E-state index is 11.5. The molecule has 0 radical (unpaired) electrons. The van der Waals surface area contributed by atoms with Gasteiger partial charge in [0.05, 0.1) is 17.1 Å². The van der Waals surface area contributed by atoms with Gasteiger partial charge in [0.15, 0.2) is 0 Å². The Morgan fingerprint density at radius 1 is 1.54 bits per heavy atom. The third-order valence-electron chi connectivity index (χ3n) is 2.30. The normalized spacial score (nSPS) is 22.5. The molecule has 74 valence electrons. The number of hydrogen-bond acceptors (Lipinski definition) is 2. The van der Waals surface area contributed by atoms with Gasteiger partial charge in [0.25, 0.3) is 0 Å². The highest BCUT2D eigenvalue weighted by molar-refractivity contribution is 7.82. The number of hydrogen-bond donors (Lipinski definition) is 0. The van der Waals surface area contributed by atoms with Crippen molar-refractivity contribution in [3.8, 4) is 6.07 Å². The molecule has 0 aliphatic carbocycles. The highest BCUT2D eigenvalue weighted by Gasteiger charge is 2.21. The second-order valence-electron chi connectivity index (χ2n) is 3.36. The van der Waals surface area contributed by atoms with E-state index in [1.54, 1.807) is 0 Å². The predicted molar refractivity (Wildman–Crippen MR) is 53.2 cm³/mol. The lowest BCUT2D eigenvalue weighted by Gasteiger charge is -2.27. The lowest BCUT2D eigenvalue weighted by molar-refractivity contribution is 0.323. The Morgan fingerprint density at radius 3 is 2.62 bits per heavy atom. The smallest absolute Gasteiger partial charge is 0.0942 e. The van der Waals surface area contributed by atoms with Crippen molar-refractivity contribution in [1.29, 1.82) is 5.26 Å². The first kappa shape index (κ1) is 10.7. The van der Waals surface area contributed by atoms with Crippen LogP contribution in [0.1, 0.15) is 26.2 Å². The van der Waals surface area contributed by atoms with Gasteiger partial charge in [-0.25, -0.2) is 8.51 Å². The van der Waals surface area contributed by atoms with E-state index in [1.165, 1.54) is 0 Å². The van der Waals surface area contributed by atoms with Gasteiger partial charge < -0.3 is 0 Å². The quantitative estimate of drug-likeness (QED) is 0.689. The standard InChI is InChI=1S/C9H16N2OS/c1-2-7-13(12)11-5-3-9(8-10)4-6-11/h9H,2-7H2,1H3. The molecule has 0 N–H and O–H groups in total. The molecule has 0 amide bonds. The summed E-state index contributed by atoms with van der Waals surface area (Å²) in [7, 11) is -0.799. The zero-order valence-corrected chi connectivity index (χ0v) is 8.85. The molecule has 13 heavy (non-hydrogen) atoms. The van der Waals surface area contributed by atoms with Gasteiger partial charge >= 0.3 is 0 Å². The van der Waals surface area contributed by atoms with E-state index in [9.17, 15) is 4.21 Å². The Kier molecular flexibility index (Phi) is 4.40. The van der Waals surface area contributed by atoms with Gasteiger partial charge in [-0.3, -0.25) is 0 Å². The summed E-state index contributed by atoms with van der Waals surface area (Å²) in [4.78, 5) is 0. The molecule has 0 aromatic rings. The van der Waals surface area contributed by atoms with Crippen molar-refractivity contribution < 1.29 is 4.21 Å². The minimum absolute atomic E-state index is 0.190. The molecule has 1 saturated heterocycles. The maximum Gasteiger partial charge on any atom is 0.0942 e. The highest BCUT2D eigenvalue weighted by Crippen LogP contribution is 2.17. The summed E-state index contributed by atoms with van der Waals surface area (Å²) in [5.74, 6) is 0.951. The molecule has 1 rings (SSSR count). The van der Waals surface area contributed by atoms with Crippen LogP contribution in [0.25, 0.3) is 0 Å². The fourth-order valence-electron chi connectivity index (χ4n) is 1.49. The van der Waals surface area contributed by atoms with Crippen LogP contribution in [0, 0.1) is 17.2 Å². The summed E-state index contributed by atoms with van der Waals surface area (Å²) >= 11 is 0. The molecular formula is C9H16N2OS. The van der Waals surface area contributed by atoms with E-state index in [4.69, 9.17) is 5.26 Å². The summed E-state index contributed by atoms with van der Waals surface area (Å²) in [5, 5.41) is 8.67. The van der Waals surface area contributed by atoms with Crippen LogP contribution in [0.4, 0.5) is 0 Å². The van der Waals surface area contributed by atoms with E-state index < -0.39 is 11.0 Å². The van der Waals surface area contributed by atoms with Gasteiger partial charge in [-0.05, 0) is 19.3 Å². The van der Waals surface area contributed by atoms with Crippen LogP contribution in [0.15, 0.2) is 0 Å². The number of nitrogens with zero attached hydrogens (tertiary/aromatic N) is 2. The Bertz CT molecular complexity index is 216. The topological polar surface area (TPSA) is 44.1 Å². The van der Waals surface area contributed by atoms with E-state index in [2.05, 4.69) is 6.07 Å². The highest BCUT2D eigenvalue weighted by atomic mass is 32.2. The molecule has 1 aliphatic rings. The molecule has 3 nitrogen and oxygen atoms in total. The SMILES string of the molecule is CCCS(=O)N1CCC(C#N)CC1. The summed E-state index contributed by atoms with van der Waals surface area (Å²) < 4.78 is 13.5. The van der Waals surface area contributed by atoms with Crippen molar-refractivity contribution >= 4 is 11.0 Å². The first-order valence-electron chi connectivity index (χ1n) is 4.81. The van der Waals surface area contributed by atoms with Crippen molar-refractivity contribution in [2.45, 2.75) is 26.2 Å². The van der Waals surface area contributed by atoms with Gasteiger partial charge in [0.1, 0.15) is 0 Å². The fraction of sp³-hybridized carbons (Fsp3) is 0.889.